The van der Waals surface area contributed by atoms with Crippen molar-refractivity contribution in [3.05, 3.63) is 179 Å². The number of hydrogen-bond donors (Lipinski definition) is 4. The maximum absolute atomic E-state index is 16.6. The molecule has 2 bridgehead atoms. The minimum Gasteiger partial charge on any atom is -0.481 e. The number of carbonyl (C=O) groups is 10. The average molecular weight is 1270 g/mol. The van der Waals surface area contributed by atoms with E-state index in [0.717, 1.165) is 25.6 Å². The van der Waals surface area contributed by atoms with Crippen molar-refractivity contribution in [2.45, 2.75) is 145 Å². The Balaban J connectivity index is 1.20. The standard InChI is InChI=1S/C68H71N3O19S/c1-38-47(86-64(82)56(88-52(77)34-42-23-14-9-15-24-42)54(43-25-16-10-17-26-43)71-61(80)46(30-31-50(74)75)70-60(79)45-29-20-32-69-62(45)91-7)36-68(83)59(89-63(81)44-27-18-11-19-28-44)57-66(6,58(78)55(85-39(2)72)53(38)65(68,4)5)48(35-49-67(57,37-84-49)90-40(3)73)87-51(76)33-41-21-12-8-13-22-41/h8-29,32,46-49,54-57,59,83H,30-31,33-37H2,1-7H3,(H,70,79)(H,71,80)(H,74,75)/t46-,47+,48+,49-,54+,55-,56-,57+,59+,66-,67+,68-/m1/s1. The van der Waals surface area contributed by atoms with E-state index in [9.17, 15) is 48.6 Å². The van der Waals surface area contributed by atoms with Crippen molar-refractivity contribution in [3.63, 3.8) is 0 Å². The highest BCUT2D eigenvalue weighted by atomic mass is 32.2. The van der Waals surface area contributed by atoms with E-state index in [4.69, 9.17) is 33.2 Å². The molecule has 91 heavy (non-hydrogen) atoms. The second kappa shape index (κ2) is 27.6. The lowest BCUT2D eigenvalue weighted by atomic mass is 9.44. The molecule has 4 aliphatic rings. The molecule has 3 aliphatic carbocycles. The molecule has 478 valence electrons. The number of aliphatic carboxylic acids is 1. The zero-order valence-corrected chi connectivity index (χ0v) is 51.9. The van der Waals surface area contributed by atoms with Gasteiger partial charge in [0.25, 0.3) is 5.91 Å². The highest BCUT2D eigenvalue weighted by Gasteiger charge is 2.79. The monoisotopic (exact) mass is 1270 g/mol. The van der Waals surface area contributed by atoms with Gasteiger partial charge in [-0.25, -0.2) is 14.6 Å². The minimum atomic E-state index is -2.63. The summed E-state index contributed by atoms with van der Waals surface area (Å²) >= 11 is 1.15. The van der Waals surface area contributed by atoms with Crippen molar-refractivity contribution >= 4 is 71.1 Å². The van der Waals surface area contributed by atoms with Gasteiger partial charge in [-0.3, -0.25) is 38.4 Å². The second-order valence-electron chi connectivity index (χ2n) is 23.8. The summed E-state index contributed by atoms with van der Waals surface area (Å²) in [4.78, 5) is 148. The number of Topliss-reactive ketones (excluding diaryl/α,β-unsaturated/α-hetero) is 1. The number of rotatable bonds is 22. The number of nitrogens with zero attached hydrogens (tertiary/aromatic N) is 1. The summed E-state index contributed by atoms with van der Waals surface area (Å²) in [5.74, 6) is -11.9. The summed E-state index contributed by atoms with van der Waals surface area (Å²) in [5, 5.41) is 30.0. The Morgan fingerprint density at radius 2 is 1.35 bits per heavy atom. The maximum atomic E-state index is 16.6. The van der Waals surface area contributed by atoms with E-state index >= 15 is 9.59 Å². The Bertz CT molecular complexity index is 3630. The normalized spacial score (nSPS) is 25.5. The van der Waals surface area contributed by atoms with Crippen molar-refractivity contribution in [2.75, 3.05) is 12.9 Å². The number of ether oxygens (including phenoxy) is 7. The van der Waals surface area contributed by atoms with Crippen LogP contribution < -0.4 is 10.6 Å². The molecular formula is C68H71N3O19S. The van der Waals surface area contributed by atoms with E-state index in [2.05, 4.69) is 15.6 Å². The van der Waals surface area contributed by atoms with E-state index in [1.54, 1.807) is 103 Å². The van der Waals surface area contributed by atoms with Crippen LogP contribution in [0.3, 0.4) is 0 Å². The van der Waals surface area contributed by atoms with Crippen molar-refractivity contribution < 1.29 is 91.3 Å². The summed E-state index contributed by atoms with van der Waals surface area (Å²) < 4.78 is 44.3. The van der Waals surface area contributed by atoms with Crippen LogP contribution in [-0.2, 0) is 84.4 Å². The van der Waals surface area contributed by atoms with Gasteiger partial charge in [-0.2, -0.15) is 0 Å². The molecule has 12 atom stereocenters. The maximum Gasteiger partial charge on any atom is 0.350 e. The molecule has 2 heterocycles. The van der Waals surface area contributed by atoms with Crippen molar-refractivity contribution in [3.8, 4) is 0 Å². The number of ketones is 1. The van der Waals surface area contributed by atoms with Crippen LogP contribution in [0, 0.1) is 16.7 Å². The van der Waals surface area contributed by atoms with Gasteiger partial charge in [0.15, 0.2) is 17.5 Å². The quantitative estimate of drug-likeness (QED) is 0.0240. The van der Waals surface area contributed by atoms with E-state index < -0.39 is 168 Å². The topological polar surface area (TPSA) is 313 Å². The van der Waals surface area contributed by atoms with E-state index in [1.807, 2.05) is 0 Å². The number of hydrogen-bond acceptors (Lipinski definition) is 20. The number of carboxylic acids is 1. The van der Waals surface area contributed by atoms with Gasteiger partial charge >= 0.3 is 41.8 Å². The third-order valence-electron chi connectivity index (χ3n) is 17.8. The Morgan fingerprint density at radius 3 is 1.92 bits per heavy atom. The van der Waals surface area contributed by atoms with Gasteiger partial charge in [-0.05, 0) is 78.6 Å². The van der Waals surface area contributed by atoms with Gasteiger partial charge in [0.05, 0.1) is 41.9 Å². The Morgan fingerprint density at radius 1 is 0.747 bits per heavy atom. The largest absolute Gasteiger partial charge is 0.481 e. The Kier molecular flexibility index (Phi) is 20.1. The summed E-state index contributed by atoms with van der Waals surface area (Å²) in [5.41, 5.74) is -7.58. The number of amides is 2. The first kappa shape index (κ1) is 66.4. The van der Waals surface area contributed by atoms with Crippen LogP contribution in [0.2, 0.25) is 0 Å². The van der Waals surface area contributed by atoms with Gasteiger partial charge in [-0.15, -0.1) is 11.8 Å². The van der Waals surface area contributed by atoms with Crippen molar-refractivity contribution in [1.82, 2.24) is 15.6 Å². The molecule has 1 aliphatic heterocycles. The summed E-state index contributed by atoms with van der Waals surface area (Å²) in [6.07, 6.45) is -10.3. The molecule has 0 spiro atoms. The number of pyridine rings is 1. The first-order chi connectivity index (χ1) is 43.3. The van der Waals surface area contributed by atoms with Crippen LogP contribution >= 0.6 is 11.8 Å². The van der Waals surface area contributed by atoms with Crippen LogP contribution in [0.15, 0.2) is 156 Å². The van der Waals surface area contributed by atoms with E-state index in [0.29, 0.717) is 16.2 Å². The van der Waals surface area contributed by atoms with Gasteiger partial charge in [0, 0.05) is 44.7 Å². The molecule has 1 aromatic heterocycles. The number of esters is 6. The van der Waals surface area contributed by atoms with Crippen molar-refractivity contribution in [1.29, 1.82) is 0 Å². The molecule has 3 fully saturated rings. The fraction of sp³-hybridized carbons (Fsp3) is 0.397. The molecular weight excluding hydrogens is 1190 g/mol. The predicted octanol–water partition coefficient (Wildman–Crippen LogP) is 6.79. The van der Waals surface area contributed by atoms with Crippen LogP contribution in [0.4, 0.5) is 0 Å². The number of fused-ring (bicyclic) bond motifs is 5. The molecule has 2 saturated carbocycles. The number of aliphatic hydroxyl groups is 1. The second-order valence-corrected chi connectivity index (χ2v) is 24.6. The Labute approximate surface area is 529 Å². The van der Waals surface area contributed by atoms with Crippen molar-refractivity contribution in [2.24, 2.45) is 16.7 Å². The minimum absolute atomic E-state index is 0.0205. The number of nitrogens with one attached hydrogen (secondary N) is 2. The van der Waals surface area contributed by atoms with Crippen LogP contribution in [-0.4, -0.2) is 141 Å². The van der Waals surface area contributed by atoms with Gasteiger partial charge in [0.2, 0.25) is 12.0 Å². The fourth-order valence-electron chi connectivity index (χ4n) is 13.3. The highest BCUT2D eigenvalue weighted by molar-refractivity contribution is 7.98. The summed E-state index contributed by atoms with van der Waals surface area (Å²) in [6.45, 7) is 7.63. The van der Waals surface area contributed by atoms with Crippen LogP contribution in [0.1, 0.15) is 111 Å². The lowest BCUT2D eigenvalue weighted by molar-refractivity contribution is -0.346. The molecule has 0 radical (unpaired) electrons. The molecule has 23 heteroatoms. The third-order valence-corrected chi connectivity index (χ3v) is 18.5. The number of carboxylic acid groups (broad SMARTS) is 1. The SMILES string of the molecule is CSc1ncccc1C(=O)N[C@H](CCC(=O)O)C(=O)N[C@@H](c1ccccc1)[C@@H](OC(=O)Cc1ccccc1)C(=O)O[C@H]1C[C@@]2(O)[C@@H](OC(=O)c3ccccc3)[C@@H]3[C@]4(OC(C)=O)CO[C@@H]4C[C@H](OC(=O)Cc4ccccc4)[C@@]3(C)C(=O)[C@H](OC(C)=O)C(=C1C)C2(C)C. The molecule has 5 aromatic rings. The number of thioether (sulfide) groups is 1. The smallest absolute Gasteiger partial charge is 0.350 e. The zero-order chi connectivity index (χ0) is 65.6. The van der Waals surface area contributed by atoms with Gasteiger partial charge in [0.1, 0.15) is 47.1 Å². The summed E-state index contributed by atoms with van der Waals surface area (Å²) in [7, 11) is 0. The predicted molar refractivity (Wildman–Crippen MR) is 324 cm³/mol. The van der Waals surface area contributed by atoms with Crippen LogP contribution in [0.5, 0.6) is 0 Å². The lowest BCUT2D eigenvalue weighted by Gasteiger charge is -2.67. The molecule has 4 aromatic carbocycles. The molecule has 2 amide bonds. The first-order valence-corrected chi connectivity index (χ1v) is 30.8. The fourth-order valence-corrected chi connectivity index (χ4v) is 13.8. The molecule has 1 saturated heterocycles. The number of aromatic nitrogens is 1. The van der Waals surface area contributed by atoms with E-state index in [1.165, 1.54) is 70.3 Å². The molecule has 22 nitrogen and oxygen atoms in total. The zero-order valence-electron chi connectivity index (χ0n) is 51.1. The highest BCUT2D eigenvalue weighted by Crippen LogP contribution is 2.65. The van der Waals surface area contributed by atoms with Crippen LogP contribution in [0.25, 0.3) is 0 Å². The van der Waals surface area contributed by atoms with Gasteiger partial charge in [-0.1, -0.05) is 123 Å². The third kappa shape index (κ3) is 13.7. The lowest BCUT2D eigenvalue weighted by Crippen LogP contribution is -2.82. The molecule has 4 N–H and O–H groups in total. The summed E-state index contributed by atoms with van der Waals surface area (Å²) in [6, 6.07) is 32.0. The molecule has 9 rings (SSSR count). The van der Waals surface area contributed by atoms with E-state index in [-0.39, 0.29) is 40.7 Å². The number of benzene rings is 4. The number of carbonyl (C=O) groups excluding carboxylic acids is 9. The average Bonchev–Trinajstić information content (AvgIpc) is 0.677. The first-order valence-electron chi connectivity index (χ1n) is 29.6. The Hall–Kier alpha value is -9.06. The van der Waals surface area contributed by atoms with Gasteiger partial charge < -0.3 is 54.0 Å². The molecule has 0 unspecified atom stereocenters.